The Balaban J connectivity index is 1.80. The van der Waals surface area contributed by atoms with Crippen molar-refractivity contribution in [2.24, 2.45) is 0 Å². The molecule has 3 heterocycles. The number of hydrogen-bond donors (Lipinski definition) is 0. The molecule has 0 saturated carbocycles. The van der Waals surface area contributed by atoms with Crippen LogP contribution in [-0.2, 0) is 11.2 Å². The second-order valence-electron chi connectivity index (χ2n) is 8.85. The van der Waals surface area contributed by atoms with E-state index in [1.165, 1.54) is 23.9 Å². The topological polar surface area (TPSA) is 72.4 Å². The fourth-order valence-corrected chi connectivity index (χ4v) is 5.28. The van der Waals surface area contributed by atoms with Gasteiger partial charge in [-0.15, -0.1) is 11.3 Å². The molecular formula is C24H23Cl2N3O3S. The van der Waals surface area contributed by atoms with E-state index in [1.54, 1.807) is 4.90 Å². The Morgan fingerprint density at radius 2 is 1.94 bits per heavy atom. The molecule has 172 valence electrons. The number of fused-ring (bicyclic) bond motifs is 1. The molecule has 0 aliphatic carbocycles. The van der Waals surface area contributed by atoms with Crippen molar-refractivity contribution in [3.8, 4) is 0 Å². The predicted molar refractivity (Wildman–Crippen MR) is 129 cm³/mol. The van der Waals surface area contributed by atoms with E-state index in [9.17, 15) is 9.59 Å². The molecule has 1 amide bonds. The van der Waals surface area contributed by atoms with Gasteiger partial charge >= 0.3 is 6.09 Å². The van der Waals surface area contributed by atoms with E-state index in [4.69, 9.17) is 27.9 Å². The molecule has 0 N–H and O–H groups in total. The van der Waals surface area contributed by atoms with Crippen molar-refractivity contribution < 1.29 is 14.3 Å². The molecule has 4 rings (SSSR count). The number of nitrogens with zero attached hydrogens (tertiary/aromatic N) is 3. The largest absolute Gasteiger partial charge is 0.444 e. The van der Waals surface area contributed by atoms with Gasteiger partial charge in [0.1, 0.15) is 17.1 Å². The normalized spacial score (nSPS) is 15.8. The lowest BCUT2D eigenvalue weighted by atomic mass is 9.88. The number of aryl methyl sites for hydroxylation is 1. The molecule has 9 heteroatoms. The lowest BCUT2D eigenvalue weighted by molar-refractivity contribution is 0.0178. The summed E-state index contributed by atoms with van der Waals surface area (Å²) in [4.78, 5) is 37.3. The highest BCUT2D eigenvalue weighted by molar-refractivity contribution is 7.14. The minimum absolute atomic E-state index is 0.104. The number of benzene rings is 1. The third kappa shape index (κ3) is 4.90. The molecular weight excluding hydrogens is 481 g/mol. The van der Waals surface area contributed by atoms with Gasteiger partial charge in [0.2, 0.25) is 5.78 Å². The number of ketones is 1. The molecule has 6 nitrogen and oxygen atoms in total. The number of aromatic nitrogens is 2. The third-order valence-electron chi connectivity index (χ3n) is 5.35. The number of ether oxygens (including phenoxy) is 1. The molecule has 1 aliphatic heterocycles. The van der Waals surface area contributed by atoms with Gasteiger partial charge in [-0.25, -0.2) is 14.8 Å². The van der Waals surface area contributed by atoms with Crippen LogP contribution < -0.4 is 0 Å². The number of rotatable bonds is 3. The quantitative estimate of drug-likeness (QED) is 0.311. The van der Waals surface area contributed by atoms with Crippen molar-refractivity contribution in [3.63, 3.8) is 0 Å². The first kappa shape index (κ1) is 23.7. The second-order valence-corrected chi connectivity index (χ2v) is 10.9. The van der Waals surface area contributed by atoms with Gasteiger partial charge in [-0.05, 0) is 69.0 Å². The third-order valence-corrected chi connectivity index (χ3v) is 6.95. The summed E-state index contributed by atoms with van der Waals surface area (Å²) in [5, 5.41) is 0.690. The maximum Gasteiger partial charge on any atom is 0.411 e. The van der Waals surface area contributed by atoms with Gasteiger partial charge in [-0.1, -0.05) is 29.3 Å². The molecule has 0 bridgehead atoms. The molecule has 0 radical (unpaired) electrons. The van der Waals surface area contributed by atoms with Crippen LogP contribution in [-0.4, -0.2) is 38.9 Å². The highest BCUT2D eigenvalue weighted by Crippen LogP contribution is 2.41. The van der Waals surface area contributed by atoms with Gasteiger partial charge in [-0.2, -0.15) is 0 Å². The lowest BCUT2D eigenvalue weighted by Crippen LogP contribution is -2.43. The van der Waals surface area contributed by atoms with Crippen LogP contribution in [0.3, 0.4) is 0 Å². The highest BCUT2D eigenvalue weighted by atomic mass is 35.5. The van der Waals surface area contributed by atoms with Crippen molar-refractivity contribution in [3.05, 3.63) is 79.0 Å². The Kier molecular flexibility index (Phi) is 6.49. The standard InChI is InChI=1S/C24H23Cl2N3O3S/c1-13-16(10-19(33-13)21(30)18-11-27-12-28-22(18)26)20-17-9-15(25)6-5-14(17)7-8-29(20)23(31)32-24(2,3)4/h5-6,9-12,20H,7-8H2,1-4H3/t20-/m0/s1. The predicted octanol–water partition coefficient (Wildman–Crippen LogP) is 6.27. The Morgan fingerprint density at radius 1 is 1.18 bits per heavy atom. The molecule has 0 saturated heterocycles. The fraction of sp³-hybridized carbons (Fsp3) is 0.333. The minimum atomic E-state index is -0.634. The van der Waals surface area contributed by atoms with Gasteiger partial charge < -0.3 is 4.74 Å². The molecule has 3 aromatic rings. The number of carbonyl (C=O) groups excluding carboxylic acids is 2. The number of halogens is 2. The number of carbonyl (C=O) groups is 2. The molecule has 2 aromatic heterocycles. The Bertz CT molecular complexity index is 1240. The van der Waals surface area contributed by atoms with Crippen LogP contribution in [0.5, 0.6) is 0 Å². The fourth-order valence-electron chi connectivity index (χ4n) is 3.92. The van der Waals surface area contributed by atoms with Crippen LogP contribution in [0.25, 0.3) is 0 Å². The van der Waals surface area contributed by atoms with Crippen molar-refractivity contribution in [2.75, 3.05) is 6.54 Å². The Morgan fingerprint density at radius 3 is 2.64 bits per heavy atom. The van der Waals surface area contributed by atoms with Gasteiger partial charge in [0, 0.05) is 22.6 Å². The highest BCUT2D eigenvalue weighted by Gasteiger charge is 2.36. The number of hydrogen-bond acceptors (Lipinski definition) is 6. The van der Waals surface area contributed by atoms with Crippen molar-refractivity contribution in [1.29, 1.82) is 0 Å². The summed E-state index contributed by atoms with van der Waals surface area (Å²) in [5.74, 6) is -0.258. The van der Waals surface area contributed by atoms with Crippen LogP contribution in [0.1, 0.15) is 63.6 Å². The first-order chi connectivity index (χ1) is 15.5. The summed E-state index contributed by atoms with van der Waals surface area (Å²) in [6.45, 7) is 7.95. The lowest BCUT2D eigenvalue weighted by Gasteiger charge is -2.38. The van der Waals surface area contributed by atoms with E-state index >= 15 is 0 Å². The summed E-state index contributed by atoms with van der Waals surface area (Å²) < 4.78 is 5.71. The van der Waals surface area contributed by atoms with Gasteiger partial charge in [0.25, 0.3) is 0 Å². The summed E-state index contributed by atoms with van der Waals surface area (Å²) >= 11 is 13.8. The summed E-state index contributed by atoms with van der Waals surface area (Å²) in [6.07, 6.45) is 2.99. The van der Waals surface area contributed by atoms with E-state index in [2.05, 4.69) is 9.97 Å². The molecule has 0 fully saturated rings. The zero-order valence-corrected chi connectivity index (χ0v) is 21.0. The van der Waals surface area contributed by atoms with Crippen LogP contribution >= 0.6 is 34.5 Å². The Labute approximate surface area is 206 Å². The average molecular weight is 504 g/mol. The summed E-state index contributed by atoms with van der Waals surface area (Å²) in [5.41, 5.74) is 2.50. The molecule has 0 unspecified atom stereocenters. The molecule has 1 aromatic carbocycles. The monoisotopic (exact) mass is 503 g/mol. The zero-order chi connectivity index (χ0) is 23.9. The maximum atomic E-state index is 13.2. The SMILES string of the molecule is Cc1sc(C(=O)c2cncnc2Cl)cc1[C@H]1c2cc(Cl)ccc2CCN1C(=O)OC(C)(C)C. The van der Waals surface area contributed by atoms with Crippen molar-refractivity contribution in [2.45, 2.75) is 45.8 Å². The first-order valence-corrected chi connectivity index (χ1v) is 12.0. The van der Waals surface area contributed by atoms with Crippen LogP contribution in [0.15, 0.2) is 36.8 Å². The minimum Gasteiger partial charge on any atom is -0.444 e. The van der Waals surface area contributed by atoms with Crippen molar-refractivity contribution >= 4 is 46.4 Å². The smallest absolute Gasteiger partial charge is 0.411 e. The number of amides is 1. The summed E-state index contributed by atoms with van der Waals surface area (Å²) in [7, 11) is 0. The van der Waals surface area contributed by atoms with E-state index < -0.39 is 17.7 Å². The molecule has 0 spiro atoms. The molecule has 33 heavy (non-hydrogen) atoms. The van der Waals surface area contributed by atoms with E-state index in [0.29, 0.717) is 22.9 Å². The molecule has 1 atom stereocenters. The zero-order valence-electron chi connectivity index (χ0n) is 18.7. The van der Waals surface area contributed by atoms with Crippen LogP contribution in [0.2, 0.25) is 10.2 Å². The van der Waals surface area contributed by atoms with Crippen molar-refractivity contribution in [1.82, 2.24) is 14.9 Å². The van der Waals surface area contributed by atoms with E-state index in [-0.39, 0.29) is 16.5 Å². The number of thiophene rings is 1. The van der Waals surface area contributed by atoms with Gasteiger partial charge in [-0.3, -0.25) is 9.69 Å². The van der Waals surface area contributed by atoms with Gasteiger partial charge in [0.05, 0.1) is 16.5 Å². The Hall–Kier alpha value is -2.48. The van der Waals surface area contributed by atoms with Crippen LogP contribution in [0, 0.1) is 6.92 Å². The first-order valence-electron chi connectivity index (χ1n) is 10.4. The maximum absolute atomic E-state index is 13.2. The molecule has 1 aliphatic rings. The van der Waals surface area contributed by atoms with E-state index in [1.807, 2.05) is 52.0 Å². The average Bonchev–Trinajstić information content (AvgIpc) is 3.12. The van der Waals surface area contributed by atoms with Crippen LogP contribution in [0.4, 0.5) is 4.79 Å². The second kappa shape index (κ2) is 9.05. The van der Waals surface area contributed by atoms with E-state index in [0.717, 1.165) is 21.6 Å². The summed E-state index contributed by atoms with van der Waals surface area (Å²) in [6, 6.07) is 7.13. The van der Waals surface area contributed by atoms with Gasteiger partial charge in [0.15, 0.2) is 0 Å².